The van der Waals surface area contributed by atoms with E-state index < -0.39 is 17.7 Å². The van der Waals surface area contributed by atoms with Gasteiger partial charge in [0.15, 0.2) is 11.8 Å². The number of hydrogen-bond donors (Lipinski definition) is 1. The lowest BCUT2D eigenvalue weighted by Gasteiger charge is -2.18. The van der Waals surface area contributed by atoms with Crippen molar-refractivity contribution < 1.29 is 9.59 Å². The highest BCUT2D eigenvalue weighted by Gasteiger charge is 2.29. The van der Waals surface area contributed by atoms with Crippen molar-refractivity contribution in [1.82, 2.24) is 9.88 Å². The van der Waals surface area contributed by atoms with Crippen molar-refractivity contribution in [2.45, 2.75) is 25.8 Å². The molecule has 1 atom stereocenters. The number of hydrogen-bond acceptors (Lipinski definition) is 3. The van der Waals surface area contributed by atoms with E-state index >= 15 is 0 Å². The van der Waals surface area contributed by atoms with Crippen molar-refractivity contribution in [3.8, 4) is 0 Å². The zero-order valence-electron chi connectivity index (χ0n) is 13.1. The summed E-state index contributed by atoms with van der Waals surface area (Å²) in [6, 6.07) is 11.9. The van der Waals surface area contributed by atoms with Gasteiger partial charge in [-0.15, -0.1) is 0 Å². The number of carbonyl (C=O) groups is 2. The minimum Gasteiger partial charge on any atom is -0.354 e. The summed E-state index contributed by atoms with van der Waals surface area (Å²) in [5, 5.41) is 2.74. The number of rotatable bonds is 7. The standard InChI is InChI=1S/C18H20N2O3/c1-2-3-12-19-18(23)16(20-13-8-7-11-15(20)21)17(22)14-9-5-4-6-10-14/h4-11,13,16H,2-3,12H2,1H3,(H,19,23)/t16-/m0/s1. The van der Waals surface area contributed by atoms with E-state index in [-0.39, 0.29) is 5.56 Å². The molecule has 1 heterocycles. The molecule has 2 rings (SSSR count). The predicted octanol–water partition coefficient (Wildman–Crippen LogP) is 2.19. The molecule has 0 fully saturated rings. The number of ketones is 1. The van der Waals surface area contributed by atoms with E-state index in [0.717, 1.165) is 12.8 Å². The van der Waals surface area contributed by atoms with Crippen molar-refractivity contribution in [1.29, 1.82) is 0 Å². The smallest absolute Gasteiger partial charge is 0.251 e. The molecule has 0 aliphatic heterocycles. The van der Waals surface area contributed by atoms with Gasteiger partial charge in [-0.25, -0.2) is 0 Å². The number of unbranched alkanes of at least 4 members (excludes halogenated alkanes) is 1. The average Bonchev–Trinajstić information content (AvgIpc) is 2.58. The van der Waals surface area contributed by atoms with Gasteiger partial charge < -0.3 is 5.32 Å². The number of pyridine rings is 1. The van der Waals surface area contributed by atoms with E-state index in [1.54, 1.807) is 42.5 Å². The summed E-state index contributed by atoms with van der Waals surface area (Å²) in [6.45, 7) is 2.50. The second-order valence-electron chi connectivity index (χ2n) is 5.22. The molecular weight excluding hydrogens is 292 g/mol. The lowest BCUT2D eigenvalue weighted by atomic mass is 10.0. The van der Waals surface area contributed by atoms with Gasteiger partial charge in [0, 0.05) is 24.4 Å². The Morgan fingerprint density at radius 2 is 1.78 bits per heavy atom. The van der Waals surface area contributed by atoms with Crippen LogP contribution in [-0.4, -0.2) is 22.8 Å². The highest BCUT2D eigenvalue weighted by atomic mass is 16.2. The Morgan fingerprint density at radius 1 is 1.09 bits per heavy atom. The van der Waals surface area contributed by atoms with Gasteiger partial charge in [0.05, 0.1) is 0 Å². The van der Waals surface area contributed by atoms with Crippen LogP contribution in [0.1, 0.15) is 36.2 Å². The van der Waals surface area contributed by atoms with Crippen molar-refractivity contribution in [2.24, 2.45) is 0 Å². The summed E-state index contributed by atoms with van der Waals surface area (Å²) in [7, 11) is 0. The Hall–Kier alpha value is -2.69. The third kappa shape index (κ3) is 4.16. The Morgan fingerprint density at radius 3 is 2.43 bits per heavy atom. The summed E-state index contributed by atoms with van der Waals surface area (Å²) in [6.07, 6.45) is 3.22. The van der Waals surface area contributed by atoms with Gasteiger partial charge in [-0.05, 0) is 12.5 Å². The third-order valence-corrected chi connectivity index (χ3v) is 3.51. The molecule has 0 aliphatic rings. The number of Topliss-reactive ketones (excluding diaryl/α,β-unsaturated/α-hetero) is 1. The fourth-order valence-electron chi connectivity index (χ4n) is 2.27. The van der Waals surface area contributed by atoms with E-state index in [9.17, 15) is 14.4 Å². The molecule has 0 unspecified atom stereocenters. The van der Waals surface area contributed by atoms with Crippen molar-refractivity contribution in [3.63, 3.8) is 0 Å². The zero-order valence-corrected chi connectivity index (χ0v) is 13.1. The monoisotopic (exact) mass is 312 g/mol. The summed E-state index contributed by atoms with van der Waals surface area (Å²) < 4.78 is 1.18. The molecule has 1 N–H and O–H groups in total. The van der Waals surface area contributed by atoms with Crippen LogP contribution < -0.4 is 10.9 Å². The van der Waals surface area contributed by atoms with Crippen molar-refractivity contribution in [3.05, 3.63) is 70.6 Å². The van der Waals surface area contributed by atoms with Crippen LogP contribution in [0.2, 0.25) is 0 Å². The van der Waals surface area contributed by atoms with Crippen LogP contribution in [0, 0.1) is 0 Å². The highest BCUT2D eigenvalue weighted by molar-refractivity contribution is 6.11. The normalized spacial score (nSPS) is 11.7. The summed E-state index contributed by atoms with van der Waals surface area (Å²) in [5.74, 6) is -0.853. The van der Waals surface area contributed by atoms with Gasteiger partial charge in [0.25, 0.3) is 11.5 Å². The maximum atomic E-state index is 12.8. The number of nitrogens with zero attached hydrogens (tertiary/aromatic N) is 1. The van der Waals surface area contributed by atoms with Gasteiger partial charge in [-0.3, -0.25) is 19.0 Å². The molecule has 0 aliphatic carbocycles. The van der Waals surface area contributed by atoms with Gasteiger partial charge in [0.2, 0.25) is 0 Å². The van der Waals surface area contributed by atoms with Crippen LogP contribution in [0.5, 0.6) is 0 Å². The molecule has 1 amide bonds. The average molecular weight is 312 g/mol. The molecule has 1 aromatic carbocycles. The number of benzene rings is 1. The molecule has 0 saturated carbocycles. The molecule has 0 saturated heterocycles. The van der Waals surface area contributed by atoms with Crippen LogP contribution in [0.25, 0.3) is 0 Å². The fourth-order valence-corrected chi connectivity index (χ4v) is 2.27. The Labute approximate surface area is 135 Å². The van der Waals surface area contributed by atoms with Gasteiger partial charge in [-0.2, -0.15) is 0 Å². The van der Waals surface area contributed by atoms with E-state index in [2.05, 4.69) is 5.32 Å². The Kier molecular flexibility index (Phi) is 5.86. The van der Waals surface area contributed by atoms with E-state index in [1.165, 1.54) is 16.8 Å². The lowest BCUT2D eigenvalue weighted by Crippen LogP contribution is -2.41. The molecule has 0 bridgehead atoms. The fraction of sp³-hybridized carbons (Fsp3) is 0.278. The zero-order chi connectivity index (χ0) is 16.7. The first kappa shape index (κ1) is 16.7. The number of aromatic nitrogens is 1. The van der Waals surface area contributed by atoms with Crippen molar-refractivity contribution >= 4 is 11.7 Å². The first-order valence-electron chi connectivity index (χ1n) is 7.69. The molecule has 2 aromatic rings. The predicted molar refractivity (Wildman–Crippen MR) is 88.4 cm³/mol. The molecule has 5 nitrogen and oxygen atoms in total. The Bertz CT molecular complexity index is 722. The number of carbonyl (C=O) groups excluding carboxylic acids is 2. The van der Waals surface area contributed by atoms with Gasteiger partial charge in [-0.1, -0.05) is 49.7 Å². The van der Waals surface area contributed by atoms with E-state index in [4.69, 9.17) is 0 Å². The van der Waals surface area contributed by atoms with Crippen molar-refractivity contribution in [2.75, 3.05) is 6.54 Å². The topological polar surface area (TPSA) is 68.2 Å². The summed E-state index contributed by atoms with van der Waals surface area (Å²) in [5.41, 5.74) is 0.0197. The maximum absolute atomic E-state index is 12.8. The summed E-state index contributed by atoms with van der Waals surface area (Å²) >= 11 is 0. The minimum atomic E-state index is -1.19. The maximum Gasteiger partial charge on any atom is 0.251 e. The van der Waals surface area contributed by atoms with Crippen LogP contribution in [0.3, 0.4) is 0 Å². The van der Waals surface area contributed by atoms with Crippen LogP contribution >= 0.6 is 0 Å². The quantitative estimate of drug-likeness (QED) is 0.484. The third-order valence-electron chi connectivity index (χ3n) is 3.51. The molecule has 0 radical (unpaired) electrons. The van der Waals surface area contributed by atoms with Gasteiger partial charge >= 0.3 is 0 Å². The highest BCUT2D eigenvalue weighted by Crippen LogP contribution is 2.13. The largest absolute Gasteiger partial charge is 0.354 e. The molecule has 23 heavy (non-hydrogen) atoms. The SMILES string of the molecule is CCCCNC(=O)[C@H](C(=O)c1ccccc1)n1ccccc1=O. The van der Waals surface area contributed by atoms with Crippen LogP contribution in [-0.2, 0) is 4.79 Å². The Balaban J connectivity index is 2.36. The number of amides is 1. The van der Waals surface area contributed by atoms with Gasteiger partial charge in [0.1, 0.15) is 0 Å². The van der Waals surface area contributed by atoms with E-state index in [0.29, 0.717) is 12.1 Å². The number of nitrogens with one attached hydrogen (secondary N) is 1. The summed E-state index contributed by atoms with van der Waals surface area (Å²) in [4.78, 5) is 37.3. The van der Waals surface area contributed by atoms with Crippen LogP contribution in [0.4, 0.5) is 0 Å². The molecular formula is C18H20N2O3. The minimum absolute atomic E-state index is 0.382. The molecule has 120 valence electrons. The first-order chi connectivity index (χ1) is 11.1. The van der Waals surface area contributed by atoms with E-state index in [1.807, 2.05) is 6.92 Å². The second kappa shape index (κ2) is 8.08. The molecule has 1 aromatic heterocycles. The molecule has 0 spiro atoms. The second-order valence-corrected chi connectivity index (χ2v) is 5.22. The lowest BCUT2D eigenvalue weighted by molar-refractivity contribution is -0.123. The molecule has 5 heteroatoms. The first-order valence-corrected chi connectivity index (χ1v) is 7.69. The van der Waals surface area contributed by atoms with Crippen LogP contribution in [0.15, 0.2) is 59.5 Å².